The number of anilines is 1. The Kier molecular flexibility index (Phi) is 4.51. The lowest BCUT2D eigenvalue weighted by Crippen LogP contribution is -2.13. The molecule has 4 nitrogen and oxygen atoms in total. The number of hydrogen-bond acceptors (Lipinski definition) is 4. The van der Waals surface area contributed by atoms with Crippen LogP contribution in [0.3, 0.4) is 0 Å². The summed E-state index contributed by atoms with van der Waals surface area (Å²) in [5.41, 5.74) is 4.30. The third-order valence-electron chi connectivity index (χ3n) is 3.20. The van der Waals surface area contributed by atoms with Crippen molar-refractivity contribution >= 4 is 28.5 Å². The first-order valence-electron chi connectivity index (χ1n) is 6.41. The normalized spacial score (nSPS) is 11.0. The van der Waals surface area contributed by atoms with E-state index in [0.717, 1.165) is 16.7 Å². The van der Waals surface area contributed by atoms with E-state index in [1.807, 2.05) is 32.9 Å². The van der Waals surface area contributed by atoms with E-state index < -0.39 is 5.91 Å². The Morgan fingerprint density at radius 3 is 2.62 bits per heavy atom. The fourth-order valence-electron chi connectivity index (χ4n) is 1.89. The molecule has 1 amide bonds. The van der Waals surface area contributed by atoms with E-state index in [1.165, 1.54) is 16.9 Å². The van der Waals surface area contributed by atoms with Gasteiger partial charge >= 0.3 is 0 Å². The van der Waals surface area contributed by atoms with E-state index >= 15 is 0 Å². The molecule has 0 fully saturated rings. The molecule has 1 aromatic carbocycles. The molecule has 1 heterocycles. The molecule has 106 valence electrons. The second-order valence-electron chi connectivity index (χ2n) is 4.75. The predicted octanol–water partition coefficient (Wildman–Crippen LogP) is 3.61. The Labute approximate surface area is 127 Å². The summed E-state index contributed by atoms with van der Waals surface area (Å²) in [5, 5.41) is 14.1. The van der Waals surface area contributed by atoms with E-state index in [2.05, 4.69) is 16.4 Å². The van der Waals surface area contributed by atoms with Crippen LogP contribution in [0, 0.1) is 32.1 Å². The van der Waals surface area contributed by atoms with Gasteiger partial charge < -0.3 is 0 Å². The molecule has 0 radical (unpaired) electrons. The lowest BCUT2D eigenvalue weighted by atomic mass is 9.99. The summed E-state index contributed by atoms with van der Waals surface area (Å²) in [6, 6.07) is 5.99. The van der Waals surface area contributed by atoms with Gasteiger partial charge in [0.2, 0.25) is 0 Å². The molecule has 2 rings (SSSR count). The minimum atomic E-state index is -0.440. The zero-order valence-corrected chi connectivity index (χ0v) is 12.9. The zero-order chi connectivity index (χ0) is 15.4. The molecule has 0 aliphatic rings. The molecule has 0 unspecified atom stereocenters. The van der Waals surface area contributed by atoms with E-state index in [9.17, 15) is 10.1 Å². The Balaban J connectivity index is 2.31. The topological polar surface area (TPSA) is 65.8 Å². The summed E-state index contributed by atoms with van der Waals surface area (Å²) in [7, 11) is 0. The van der Waals surface area contributed by atoms with Crippen LogP contribution in [0.5, 0.6) is 0 Å². The highest BCUT2D eigenvalue weighted by Gasteiger charge is 2.11. The van der Waals surface area contributed by atoms with E-state index in [4.69, 9.17) is 0 Å². The standard InChI is InChI=1S/C16H15N3OS/c1-10-6-12(3)13(7-11(10)2)8-14(9-17)15(20)19-16-18-4-5-21-16/h4-8H,1-3H3,(H,18,19,20)/b14-8-. The highest BCUT2D eigenvalue weighted by atomic mass is 32.1. The van der Waals surface area contributed by atoms with Crippen LogP contribution in [0.2, 0.25) is 0 Å². The van der Waals surface area contributed by atoms with E-state index in [-0.39, 0.29) is 5.57 Å². The second-order valence-corrected chi connectivity index (χ2v) is 5.65. The van der Waals surface area contributed by atoms with E-state index in [0.29, 0.717) is 5.13 Å². The van der Waals surface area contributed by atoms with Crippen molar-refractivity contribution in [3.05, 3.63) is 51.5 Å². The molecule has 0 saturated carbocycles. The van der Waals surface area contributed by atoms with Crippen molar-refractivity contribution in [3.8, 4) is 6.07 Å². The van der Waals surface area contributed by atoms with Crippen molar-refractivity contribution in [3.63, 3.8) is 0 Å². The number of nitriles is 1. The van der Waals surface area contributed by atoms with Crippen LogP contribution >= 0.6 is 11.3 Å². The van der Waals surface area contributed by atoms with Gasteiger partial charge in [0.1, 0.15) is 11.6 Å². The van der Waals surface area contributed by atoms with Crippen molar-refractivity contribution in [2.45, 2.75) is 20.8 Å². The van der Waals surface area contributed by atoms with Gasteiger partial charge in [-0.1, -0.05) is 12.1 Å². The van der Waals surface area contributed by atoms with Crippen molar-refractivity contribution in [2.24, 2.45) is 0 Å². The number of nitrogens with one attached hydrogen (secondary N) is 1. The van der Waals surface area contributed by atoms with Gasteiger partial charge in [-0.15, -0.1) is 11.3 Å². The molecule has 0 spiro atoms. The maximum atomic E-state index is 12.1. The van der Waals surface area contributed by atoms with Crippen LogP contribution in [-0.4, -0.2) is 10.9 Å². The smallest absolute Gasteiger partial charge is 0.268 e. The fraction of sp³-hybridized carbons (Fsp3) is 0.188. The fourth-order valence-corrected chi connectivity index (χ4v) is 2.42. The molecule has 1 aromatic heterocycles. The molecule has 0 saturated heterocycles. The molecule has 1 N–H and O–H groups in total. The molecular weight excluding hydrogens is 282 g/mol. The molecular formula is C16H15N3OS. The number of nitrogens with zero attached hydrogens (tertiary/aromatic N) is 2. The number of aryl methyl sites for hydroxylation is 3. The summed E-state index contributed by atoms with van der Waals surface area (Å²) in [6.45, 7) is 6.01. The van der Waals surface area contributed by atoms with Crippen molar-refractivity contribution in [1.82, 2.24) is 4.98 Å². The van der Waals surface area contributed by atoms with Crippen LogP contribution in [0.15, 0.2) is 29.3 Å². The third-order valence-corrected chi connectivity index (χ3v) is 3.89. The SMILES string of the molecule is Cc1cc(C)c(/C=C(/C#N)C(=O)Nc2nccs2)cc1C. The van der Waals surface area contributed by atoms with Gasteiger partial charge in [0.15, 0.2) is 5.13 Å². The first-order chi connectivity index (χ1) is 10.0. The van der Waals surface area contributed by atoms with Gasteiger partial charge in [-0.25, -0.2) is 4.98 Å². The molecule has 0 atom stereocenters. The molecule has 2 aromatic rings. The maximum Gasteiger partial charge on any atom is 0.268 e. The minimum absolute atomic E-state index is 0.0663. The van der Waals surface area contributed by atoms with Crippen LogP contribution in [-0.2, 0) is 4.79 Å². The monoisotopic (exact) mass is 297 g/mol. The zero-order valence-electron chi connectivity index (χ0n) is 12.1. The first kappa shape index (κ1) is 14.9. The van der Waals surface area contributed by atoms with Gasteiger partial charge in [0, 0.05) is 11.6 Å². The number of aromatic nitrogens is 1. The van der Waals surface area contributed by atoms with Crippen molar-refractivity contribution in [1.29, 1.82) is 5.26 Å². The average Bonchev–Trinajstić information content (AvgIpc) is 2.94. The number of carbonyl (C=O) groups excluding carboxylic acids is 1. The largest absolute Gasteiger partial charge is 0.297 e. The number of benzene rings is 1. The van der Waals surface area contributed by atoms with Crippen LogP contribution in [0.1, 0.15) is 22.3 Å². The summed E-state index contributed by atoms with van der Waals surface area (Å²) >= 11 is 1.31. The average molecular weight is 297 g/mol. The van der Waals surface area contributed by atoms with Gasteiger partial charge in [-0.2, -0.15) is 5.26 Å². The molecule has 0 aliphatic heterocycles. The Morgan fingerprint density at radius 2 is 2.00 bits per heavy atom. The van der Waals surface area contributed by atoms with E-state index in [1.54, 1.807) is 17.7 Å². The van der Waals surface area contributed by atoms with Crippen LogP contribution in [0.25, 0.3) is 6.08 Å². The lowest BCUT2D eigenvalue weighted by Gasteiger charge is -2.07. The Hall–Kier alpha value is -2.45. The maximum absolute atomic E-state index is 12.1. The molecule has 0 bridgehead atoms. The predicted molar refractivity (Wildman–Crippen MR) is 85.0 cm³/mol. The van der Waals surface area contributed by atoms with Crippen molar-refractivity contribution in [2.75, 3.05) is 5.32 Å². The van der Waals surface area contributed by atoms with Crippen LogP contribution in [0.4, 0.5) is 5.13 Å². The summed E-state index contributed by atoms with van der Waals surface area (Å²) in [4.78, 5) is 16.0. The highest BCUT2D eigenvalue weighted by molar-refractivity contribution is 7.13. The Bertz CT molecular complexity index is 740. The Morgan fingerprint density at radius 1 is 1.29 bits per heavy atom. The van der Waals surface area contributed by atoms with Gasteiger partial charge in [0.25, 0.3) is 5.91 Å². The molecule has 5 heteroatoms. The molecule has 21 heavy (non-hydrogen) atoms. The number of carbonyl (C=O) groups is 1. The third kappa shape index (κ3) is 3.56. The quantitative estimate of drug-likeness (QED) is 0.695. The van der Waals surface area contributed by atoms with Crippen molar-refractivity contribution < 1.29 is 4.79 Å². The number of thiazole rings is 1. The van der Waals surface area contributed by atoms with Gasteiger partial charge in [0.05, 0.1) is 0 Å². The summed E-state index contributed by atoms with van der Waals surface area (Å²) in [5.74, 6) is -0.440. The molecule has 0 aliphatic carbocycles. The minimum Gasteiger partial charge on any atom is -0.297 e. The number of hydrogen-bond donors (Lipinski definition) is 1. The van der Waals surface area contributed by atoms with Crippen LogP contribution < -0.4 is 5.32 Å². The van der Waals surface area contributed by atoms with Gasteiger partial charge in [-0.3, -0.25) is 10.1 Å². The second kappa shape index (κ2) is 6.33. The summed E-state index contributed by atoms with van der Waals surface area (Å²) < 4.78 is 0. The number of rotatable bonds is 3. The summed E-state index contributed by atoms with van der Waals surface area (Å²) in [6.07, 6.45) is 3.22. The number of amides is 1. The lowest BCUT2D eigenvalue weighted by molar-refractivity contribution is -0.112. The highest BCUT2D eigenvalue weighted by Crippen LogP contribution is 2.19. The first-order valence-corrected chi connectivity index (χ1v) is 7.29. The van der Waals surface area contributed by atoms with Gasteiger partial charge in [-0.05, 0) is 49.1 Å².